The van der Waals surface area contributed by atoms with Gasteiger partial charge in [0, 0.05) is 22.5 Å². The van der Waals surface area contributed by atoms with Crippen LogP contribution in [0.25, 0.3) is 10.8 Å². The fourth-order valence-electron chi connectivity index (χ4n) is 2.38. The summed E-state index contributed by atoms with van der Waals surface area (Å²) in [5.41, 5.74) is 1.52. The van der Waals surface area contributed by atoms with Crippen LogP contribution in [0.15, 0.2) is 36.4 Å². The van der Waals surface area contributed by atoms with E-state index in [1.807, 2.05) is 37.3 Å². The molecule has 0 spiro atoms. The van der Waals surface area contributed by atoms with Crippen molar-refractivity contribution >= 4 is 22.4 Å². The first-order chi connectivity index (χ1) is 10.2. The highest BCUT2D eigenvalue weighted by molar-refractivity contribution is 5.98. The monoisotopic (exact) mass is 279 g/mol. The number of benzene rings is 2. The highest BCUT2D eigenvalue weighted by Crippen LogP contribution is 2.27. The van der Waals surface area contributed by atoms with Crippen LogP contribution in [0.5, 0.6) is 0 Å². The van der Waals surface area contributed by atoms with Crippen LogP contribution in [0.1, 0.15) is 25.3 Å². The lowest BCUT2D eigenvalue weighted by molar-refractivity contribution is -0.121. The first kappa shape index (κ1) is 13.4. The van der Waals surface area contributed by atoms with E-state index in [0.717, 1.165) is 29.3 Å². The summed E-state index contributed by atoms with van der Waals surface area (Å²) < 4.78 is 0. The fourth-order valence-corrected chi connectivity index (χ4v) is 2.38. The molecular formula is C17H17N3O. The summed E-state index contributed by atoms with van der Waals surface area (Å²) in [7, 11) is 0. The number of hydrogen-bond donors (Lipinski definition) is 2. The normalized spacial score (nSPS) is 15.2. The van der Waals surface area contributed by atoms with Gasteiger partial charge in [0.1, 0.15) is 6.04 Å². The van der Waals surface area contributed by atoms with Crippen molar-refractivity contribution < 1.29 is 4.79 Å². The smallest absolute Gasteiger partial charge is 0.242 e. The van der Waals surface area contributed by atoms with Gasteiger partial charge in [-0.2, -0.15) is 5.26 Å². The lowest BCUT2D eigenvalue weighted by atomic mass is 10.0. The summed E-state index contributed by atoms with van der Waals surface area (Å²) in [5.74, 6) is 0.0194. The third-order valence-electron chi connectivity index (χ3n) is 3.73. The standard InChI is InChI=1S/C17H17N3O/c1-11(17(21)20-13-7-8-13)19-16-9-6-12(10-18)14-4-2-3-5-15(14)16/h2-6,9,11,13,19H,7-8H2,1H3,(H,20,21). The Morgan fingerprint density at radius 1 is 1.24 bits per heavy atom. The first-order valence-electron chi connectivity index (χ1n) is 7.18. The minimum Gasteiger partial charge on any atom is -0.373 e. The quantitative estimate of drug-likeness (QED) is 0.904. The SMILES string of the molecule is CC(Nc1ccc(C#N)c2ccccc12)C(=O)NC1CC1. The maximum atomic E-state index is 12.0. The molecule has 4 nitrogen and oxygen atoms in total. The number of nitriles is 1. The van der Waals surface area contributed by atoms with E-state index in [2.05, 4.69) is 16.7 Å². The second-order valence-electron chi connectivity index (χ2n) is 5.47. The molecule has 0 saturated heterocycles. The molecule has 2 N–H and O–H groups in total. The Morgan fingerprint density at radius 2 is 1.95 bits per heavy atom. The molecule has 1 amide bonds. The van der Waals surface area contributed by atoms with Gasteiger partial charge in [-0.3, -0.25) is 4.79 Å². The van der Waals surface area contributed by atoms with Gasteiger partial charge in [0.25, 0.3) is 0 Å². The van der Waals surface area contributed by atoms with Crippen LogP contribution in [-0.2, 0) is 4.79 Å². The van der Waals surface area contributed by atoms with E-state index in [9.17, 15) is 4.79 Å². The topological polar surface area (TPSA) is 64.9 Å². The first-order valence-corrected chi connectivity index (χ1v) is 7.18. The van der Waals surface area contributed by atoms with Crippen LogP contribution in [0.3, 0.4) is 0 Å². The number of carbonyl (C=O) groups excluding carboxylic acids is 1. The number of anilines is 1. The van der Waals surface area contributed by atoms with Crippen LogP contribution in [0.2, 0.25) is 0 Å². The van der Waals surface area contributed by atoms with Crippen LogP contribution in [-0.4, -0.2) is 18.0 Å². The molecule has 1 unspecified atom stereocenters. The van der Waals surface area contributed by atoms with Crippen molar-refractivity contribution in [3.05, 3.63) is 42.0 Å². The average Bonchev–Trinajstić information content (AvgIpc) is 3.31. The lowest BCUT2D eigenvalue weighted by Crippen LogP contribution is -2.38. The number of carbonyl (C=O) groups is 1. The van der Waals surface area contributed by atoms with Crippen LogP contribution >= 0.6 is 0 Å². The van der Waals surface area contributed by atoms with Crippen molar-refractivity contribution in [3.8, 4) is 6.07 Å². The second kappa shape index (κ2) is 5.45. The van der Waals surface area contributed by atoms with Gasteiger partial charge in [0.05, 0.1) is 11.6 Å². The van der Waals surface area contributed by atoms with Crippen LogP contribution < -0.4 is 10.6 Å². The Labute approximate surface area is 123 Å². The number of nitrogens with one attached hydrogen (secondary N) is 2. The zero-order chi connectivity index (χ0) is 14.8. The number of nitrogens with zero attached hydrogens (tertiary/aromatic N) is 1. The third kappa shape index (κ3) is 2.82. The molecule has 4 heteroatoms. The summed E-state index contributed by atoms with van der Waals surface area (Å²) in [5, 5.41) is 17.3. The van der Waals surface area contributed by atoms with Crippen LogP contribution in [0, 0.1) is 11.3 Å². The molecule has 0 aliphatic heterocycles. The largest absolute Gasteiger partial charge is 0.373 e. The molecule has 0 aromatic heterocycles. The zero-order valence-electron chi connectivity index (χ0n) is 11.9. The Bertz CT molecular complexity index is 728. The van der Waals surface area contributed by atoms with Gasteiger partial charge in [-0.05, 0) is 31.9 Å². The van der Waals surface area contributed by atoms with Gasteiger partial charge in [-0.25, -0.2) is 0 Å². The summed E-state index contributed by atoms with van der Waals surface area (Å²) in [6, 6.07) is 13.6. The molecule has 0 heterocycles. The van der Waals surface area contributed by atoms with Gasteiger partial charge in [0.2, 0.25) is 5.91 Å². The van der Waals surface area contributed by atoms with E-state index in [1.54, 1.807) is 6.07 Å². The summed E-state index contributed by atoms with van der Waals surface area (Å²) in [6.07, 6.45) is 2.16. The van der Waals surface area contributed by atoms with Crippen molar-refractivity contribution in [2.45, 2.75) is 31.8 Å². The predicted molar refractivity (Wildman–Crippen MR) is 82.9 cm³/mol. The molecule has 1 fully saturated rings. The summed E-state index contributed by atoms with van der Waals surface area (Å²) in [6.45, 7) is 1.85. The Hall–Kier alpha value is -2.54. The number of amides is 1. The van der Waals surface area contributed by atoms with Crippen molar-refractivity contribution in [3.63, 3.8) is 0 Å². The Morgan fingerprint density at radius 3 is 2.62 bits per heavy atom. The summed E-state index contributed by atoms with van der Waals surface area (Å²) in [4.78, 5) is 12.0. The van der Waals surface area contributed by atoms with Crippen molar-refractivity contribution in [1.29, 1.82) is 5.26 Å². The number of hydrogen-bond acceptors (Lipinski definition) is 3. The summed E-state index contributed by atoms with van der Waals surface area (Å²) >= 11 is 0. The molecule has 21 heavy (non-hydrogen) atoms. The molecule has 0 bridgehead atoms. The number of fused-ring (bicyclic) bond motifs is 1. The van der Waals surface area contributed by atoms with E-state index in [1.165, 1.54) is 0 Å². The highest BCUT2D eigenvalue weighted by Gasteiger charge is 2.25. The van der Waals surface area contributed by atoms with Crippen molar-refractivity contribution in [1.82, 2.24) is 5.32 Å². The van der Waals surface area contributed by atoms with E-state index in [0.29, 0.717) is 11.6 Å². The maximum Gasteiger partial charge on any atom is 0.242 e. The van der Waals surface area contributed by atoms with Crippen molar-refractivity contribution in [2.75, 3.05) is 5.32 Å². The highest BCUT2D eigenvalue weighted by atomic mass is 16.2. The molecule has 0 radical (unpaired) electrons. The second-order valence-corrected chi connectivity index (χ2v) is 5.47. The molecule has 2 aromatic rings. The predicted octanol–water partition coefficient (Wildman–Crippen LogP) is 2.79. The molecule has 3 rings (SSSR count). The minimum absolute atomic E-state index is 0.0194. The molecule has 1 aliphatic rings. The van der Waals surface area contributed by atoms with Gasteiger partial charge in [-0.15, -0.1) is 0 Å². The third-order valence-corrected chi connectivity index (χ3v) is 3.73. The average molecular weight is 279 g/mol. The van der Waals surface area contributed by atoms with E-state index >= 15 is 0 Å². The van der Waals surface area contributed by atoms with Crippen LogP contribution in [0.4, 0.5) is 5.69 Å². The van der Waals surface area contributed by atoms with Gasteiger partial charge in [-0.1, -0.05) is 24.3 Å². The molecule has 1 aliphatic carbocycles. The van der Waals surface area contributed by atoms with Gasteiger partial charge < -0.3 is 10.6 Å². The molecule has 106 valence electrons. The molecule has 1 atom stereocenters. The van der Waals surface area contributed by atoms with Crippen molar-refractivity contribution in [2.24, 2.45) is 0 Å². The maximum absolute atomic E-state index is 12.0. The Balaban J connectivity index is 1.87. The lowest BCUT2D eigenvalue weighted by Gasteiger charge is -2.17. The van der Waals surface area contributed by atoms with Gasteiger partial charge >= 0.3 is 0 Å². The van der Waals surface area contributed by atoms with E-state index in [4.69, 9.17) is 5.26 Å². The molecule has 1 saturated carbocycles. The Kier molecular flexibility index (Phi) is 3.49. The molecule has 2 aromatic carbocycles. The number of rotatable bonds is 4. The zero-order valence-corrected chi connectivity index (χ0v) is 11.9. The minimum atomic E-state index is -0.304. The molecular weight excluding hydrogens is 262 g/mol. The van der Waals surface area contributed by atoms with E-state index in [-0.39, 0.29) is 11.9 Å². The van der Waals surface area contributed by atoms with Gasteiger partial charge in [0.15, 0.2) is 0 Å². The fraction of sp³-hybridized carbons (Fsp3) is 0.294. The van der Waals surface area contributed by atoms with E-state index < -0.39 is 0 Å².